The highest BCUT2D eigenvalue weighted by atomic mass is 16.5. The Morgan fingerprint density at radius 1 is 0.846 bits per heavy atom. The zero-order valence-corrected chi connectivity index (χ0v) is 15.1. The molecule has 2 aromatic carbocycles. The van der Waals surface area contributed by atoms with Gasteiger partial charge < -0.3 is 24.1 Å². The van der Waals surface area contributed by atoms with Crippen molar-refractivity contribution < 1.29 is 28.8 Å². The zero-order valence-electron chi connectivity index (χ0n) is 15.1. The lowest BCUT2D eigenvalue weighted by Gasteiger charge is -2.23. The first kappa shape index (κ1) is 17.7. The number of hydrogen-bond donors (Lipinski definition) is 1. The van der Waals surface area contributed by atoms with E-state index in [0.29, 0.717) is 40.4 Å². The molecule has 0 amide bonds. The third-order valence-corrected chi connectivity index (χ3v) is 4.40. The van der Waals surface area contributed by atoms with Gasteiger partial charge in [0.25, 0.3) is 0 Å². The molecule has 0 heterocycles. The van der Waals surface area contributed by atoms with Crippen LogP contribution in [0.15, 0.2) is 36.1 Å². The summed E-state index contributed by atoms with van der Waals surface area (Å²) in [6.45, 7) is 0. The van der Waals surface area contributed by atoms with Crippen LogP contribution in [0.4, 0.5) is 0 Å². The number of Topliss-reactive ketones (excluding diaryl/α,β-unsaturated/α-hetero) is 1. The topological polar surface area (TPSA) is 74.2 Å². The number of hydrogen-bond acceptors (Lipinski definition) is 6. The van der Waals surface area contributed by atoms with Crippen LogP contribution in [0.3, 0.4) is 0 Å². The fourth-order valence-electron chi connectivity index (χ4n) is 3.21. The number of ketones is 1. The number of fused-ring (bicyclic) bond motifs is 1. The number of rotatable bonds is 5. The lowest BCUT2D eigenvalue weighted by atomic mass is 9.85. The molecule has 1 aliphatic rings. The first-order valence-corrected chi connectivity index (χ1v) is 7.98. The summed E-state index contributed by atoms with van der Waals surface area (Å²) in [6.07, 6.45) is 0.407. The van der Waals surface area contributed by atoms with E-state index in [9.17, 15) is 9.90 Å². The Hall–Kier alpha value is -3.15. The van der Waals surface area contributed by atoms with E-state index in [0.717, 1.165) is 5.56 Å². The van der Waals surface area contributed by atoms with E-state index < -0.39 is 0 Å². The summed E-state index contributed by atoms with van der Waals surface area (Å²) in [5, 5.41) is 9.94. The van der Waals surface area contributed by atoms with Crippen molar-refractivity contribution in [1.29, 1.82) is 0 Å². The monoisotopic (exact) mass is 356 g/mol. The van der Waals surface area contributed by atoms with Crippen molar-refractivity contribution >= 4 is 11.4 Å². The third kappa shape index (κ3) is 2.83. The number of ether oxygens (including phenoxy) is 4. The molecule has 0 unspecified atom stereocenters. The normalized spacial score (nSPS) is 13.3. The number of carbonyl (C=O) groups is 1. The van der Waals surface area contributed by atoms with Crippen molar-refractivity contribution in [1.82, 2.24) is 0 Å². The van der Waals surface area contributed by atoms with Gasteiger partial charge in [-0.2, -0.15) is 0 Å². The summed E-state index contributed by atoms with van der Waals surface area (Å²) in [4.78, 5) is 13.0. The maximum atomic E-state index is 13.0. The molecular weight excluding hydrogens is 336 g/mol. The van der Waals surface area contributed by atoms with E-state index in [1.54, 1.807) is 32.4 Å². The third-order valence-electron chi connectivity index (χ3n) is 4.40. The lowest BCUT2D eigenvalue weighted by Crippen LogP contribution is -2.18. The molecular formula is C20H20O6. The van der Waals surface area contributed by atoms with Crippen molar-refractivity contribution in [3.63, 3.8) is 0 Å². The van der Waals surface area contributed by atoms with Crippen LogP contribution < -0.4 is 14.2 Å². The molecule has 136 valence electrons. The van der Waals surface area contributed by atoms with Crippen LogP contribution in [0.25, 0.3) is 5.57 Å². The lowest BCUT2D eigenvalue weighted by molar-refractivity contribution is 0.0948. The van der Waals surface area contributed by atoms with Crippen molar-refractivity contribution in [3.05, 3.63) is 52.8 Å². The molecule has 2 aromatic rings. The molecule has 0 aromatic heterocycles. The molecule has 0 radical (unpaired) electrons. The molecule has 0 saturated heterocycles. The van der Waals surface area contributed by atoms with E-state index >= 15 is 0 Å². The van der Waals surface area contributed by atoms with Gasteiger partial charge >= 0.3 is 0 Å². The molecule has 1 aliphatic carbocycles. The number of phenols is 1. The van der Waals surface area contributed by atoms with Gasteiger partial charge in [0.1, 0.15) is 11.5 Å². The summed E-state index contributed by atoms with van der Waals surface area (Å²) >= 11 is 0. The SMILES string of the molecule is COC1=C(c2ccc(OC)c(OC)c2)Cc2cc(O)cc(OC)c2C1=O. The number of allylic oxidation sites excluding steroid dienone is 2. The fraction of sp³-hybridized carbons (Fsp3) is 0.250. The van der Waals surface area contributed by atoms with Crippen LogP contribution in [-0.2, 0) is 11.2 Å². The minimum atomic E-state index is -0.282. The van der Waals surface area contributed by atoms with Gasteiger partial charge in [-0.15, -0.1) is 0 Å². The van der Waals surface area contributed by atoms with Crippen LogP contribution in [0.2, 0.25) is 0 Å². The molecule has 0 fully saturated rings. The van der Waals surface area contributed by atoms with Crippen LogP contribution >= 0.6 is 0 Å². The molecule has 3 rings (SSSR count). The Bertz CT molecular complexity index is 897. The molecule has 0 aliphatic heterocycles. The van der Waals surface area contributed by atoms with E-state index in [1.165, 1.54) is 20.3 Å². The van der Waals surface area contributed by atoms with E-state index in [2.05, 4.69) is 0 Å². The zero-order chi connectivity index (χ0) is 18.8. The average molecular weight is 356 g/mol. The van der Waals surface area contributed by atoms with Crippen molar-refractivity contribution in [3.8, 4) is 23.0 Å². The van der Waals surface area contributed by atoms with Gasteiger partial charge in [-0.3, -0.25) is 4.79 Å². The predicted molar refractivity (Wildman–Crippen MR) is 96.2 cm³/mol. The Morgan fingerprint density at radius 2 is 1.54 bits per heavy atom. The van der Waals surface area contributed by atoms with Crippen LogP contribution in [0.5, 0.6) is 23.0 Å². The van der Waals surface area contributed by atoms with E-state index in [-0.39, 0.29) is 17.3 Å². The molecule has 0 bridgehead atoms. The Balaban J connectivity index is 2.17. The highest BCUT2D eigenvalue weighted by Crippen LogP contribution is 2.40. The van der Waals surface area contributed by atoms with E-state index in [4.69, 9.17) is 18.9 Å². The largest absolute Gasteiger partial charge is 0.508 e. The second kappa shape index (κ2) is 7.00. The maximum Gasteiger partial charge on any atom is 0.231 e. The van der Waals surface area contributed by atoms with Gasteiger partial charge in [0.05, 0.1) is 34.0 Å². The van der Waals surface area contributed by atoms with Crippen molar-refractivity contribution in [2.45, 2.75) is 6.42 Å². The summed E-state index contributed by atoms with van der Waals surface area (Å²) < 4.78 is 21.3. The second-order valence-corrected chi connectivity index (χ2v) is 5.77. The Kier molecular flexibility index (Phi) is 4.75. The highest BCUT2D eigenvalue weighted by molar-refractivity contribution is 6.16. The molecule has 0 saturated carbocycles. The van der Waals surface area contributed by atoms with Crippen LogP contribution in [0.1, 0.15) is 21.5 Å². The average Bonchev–Trinajstić information content (AvgIpc) is 2.66. The number of aromatic hydroxyl groups is 1. The minimum absolute atomic E-state index is 0.0425. The van der Waals surface area contributed by atoms with Gasteiger partial charge in [-0.25, -0.2) is 0 Å². The van der Waals surface area contributed by atoms with Crippen molar-refractivity contribution in [2.75, 3.05) is 28.4 Å². The van der Waals surface area contributed by atoms with Crippen molar-refractivity contribution in [2.24, 2.45) is 0 Å². The van der Waals surface area contributed by atoms with Gasteiger partial charge in [0.15, 0.2) is 17.3 Å². The van der Waals surface area contributed by atoms with Gasteiger partial charge in [0.2, 0.25) is 5.78 Å². The van der Waals surface area contributed by atoms with Gasteiger partial charge in [0, 0.05) is 18.1 Å². The summed E-state index contributed by atoms with van der Waals surface area (Å²) in [7, 11) is 6.04. The van der Waals surface area contributed by atoms with Gasteiger partial charge in [-0.1, -0.05) is 6.07 Å². The van der Waals surface area contributed by atoms with E-state index in [1.807, 2.05) is 6.07 Å². The molecule has 1 N–H and O–H groups in total. The number of methoxy groups -OCH3 is 4. The number of phenolic OH excluding ortho intramolecular Hbond substituents is 1. The predicted octanol–water partition coefficient (Wildman–Crippen LogP) is 3.21. The molecule has 0 spiro atoms. The standard InChI is InChI=1S/C20H20O6/c1-23-15-6-5-11(9-16(15)24-2)14-8-12-7-13(21)10-17(25-3)18(12)19(22)20(14)26-4/h5-7,9-10,21H,8H2,1-4H3. The quantitative estimate of drug-likeness (QED) is 0.887. The fourth-order valence-corrected chi connectivity index (χ4v) is 3.21. The van der Waals surface area contributed by atoms with Crippen LogP contribution in [0, 0.1) is 0 Å². The highest BCUT2D eigenvalue weighted by Gasteiger charge is 2.31. The minimum Gasteiger partial charge on any atom is -0.508 e. The smallest absolute Gasteiger partial charge is 0.231 e. The van der Waals surface area contributed by atoms with Crippen LogP contribution in [-0.4, -0.2) is 39.3 Å². The summed E-state index contributed by atoms with van der Waals surface area (Å²) in [5.74, 6) is 1.48. The second-order valence-electron chi connectivity index (χ2n) is 5.77. The maximum absolute atomic E-state index is 13.0. The molecule has 0 atom stereocenters. The first-order chi connectivity index (χ1) is 12.5. The molecule has 6 nitrogen and oxygen atoms in total. The molecule has 6 heteroatoms. The molecule has 26 heavy (non-hydrogen) atoms. The number of benzene rings is 2. The first-order valence-electron chi connectivity index (χ1n) is 7.98. The Morgan fingerprint density at radius 3 is 2.15 bits per heavy atom. The Labute approximate surface area is 151 Å². The summed E-state index contributed by atoms with van der Waals surface area (Å²) in [6, 6.07) is 8.41. The summed E-state index contributed by atoms with van der Waals surface area (Å²) in [5.41, 5.74) is 2.57. The van der Waals surface area contributed by atoms with Gasteiger partial charge in [-0.05, 0) is 29.3 Å². The number of carbonyl (C=O) groups excluding carboxylic acids is 1.